The molecule has 1 atom stereocenters. The Hall–Kier alpha value is -2.50. The van der Waals surface area contributed by atoms with Crippen LogP contribution < -0.4 is 9.47 Å². The number of aryl methyl sites for hydroxylation is 1. The quantitative estimate of drug-likeness (QED) is 0.925. The lowest BCUT2D eigenvalue weighted by molar-refractivity contribution is -0.136. The largest absolute Gasteiger partial charge is 0.493 e. The van der Waals surface area contributed by atoms with Crippen LogP contribution in [0, 0.1) is 5.92 Å². The molecule has 2 aromatic rings. The van der Waals surface area contributed by atoms with Crippen LogP contribution in [-0.2, 0) is 30.6 Å². The van der Waals surface area contributed by atoms with Gasteiger partial charge in [-0.3, -0.25) is 9.89 Å². The molecule has 6 heteroatoms. The van der Waals surface area contributed by atoms with Crippen molar-refractivity contribution in [2.75, 3.05) is 20.8 Å². The molecule has 1 amide bonds. The van der Waals surface area contributed by atoms with Gasteiger partial charge in [0.25, 0.3) is 0 Å². The first-order chi connectivity index (χ1) is 12.2. The van der Waals surface area contributed by atoms with E-state index in [2.05, 4.69) is 10.2 Å². The van der Waals surface area contributed by atoms with Gasteiger partial charge < -0.3 is 14.4 Å². The predicted molar refractivity (Wildman–Crippen MR) is 92.8 cm³/mol. The predicted octanol–water partition coefficient (Wildman–Crippen LogP) is 2.12. The van der Waals surface area contributed by atoms with Crippen LogP contribution in [0.1, 0.15) is 28.9 Å². The van der Waals surface area contributed by atoms with Crippen LogP contribution in [0.3, 0.4) is 0 Å². The maximum Gasteiger partial charge on any atom is 0.229 e. The molecule has 4 rings (SSSR count). The van der Waals surface area contributed by atoms with E-state index in [1.807, 2.05) is 25.2 Å². The molecule has 0 saturated heterocycles. The van der Waals surface area contributed by atoms with Gasteiger partial charge in [-0.25, -0.2) is 0 Å². The third-order valence-electron chi connectivity index (χ3n) is 5.18. The van der Waals surface area contributed by atoms with E-state index >= 15 is 0 Å². The number of rotatable bonds is 4. The number of nitrogens with one attached hydrogen (secondary N) is 1. The Kier molecular flexibility index (Phi) is 4.11. The normalized spacial score (nSPS) is 18.2. The molecule has 1 unspecified atom stereocenters. The second-order valence-electron chi connectivity index (χ2n) is 6.84. The van der Waals surface area contributed by atoms with Gasteiger partial charge in [-0.2, -0.15) is 5.10 Å². The molecule has 0 fully saturated rings. The number of hydrogen-bond acceptors (Lipinski definition) is 4. The van der Waals surface area contributed by atoms with Gasteiger partial charge in [0.05, 0.1) is 25.3 Å². The highest BCUT2D eigenvalue weighted by Gasteiger charge is 2.30. The fourth-order valence-electron chi connectivity index (χ4n) is 3.85. The summed E-state index contributed by atoms with van der Waals surface area (Å²) in [7, 11) is 3.48. The zero-order chi connectivity index (χ0) is 17.4. The Balaban J connectivity index is 1.45. The zero-order valence-electron chi connectivity index (χ0n) is 14.7. The number of amides is 1. The molecular formula is C19H23N3O3. The number of methoxy groups -OCH3 is 1. The van der Waals surface area contributed by atoms with Crippen molar-refractivity contribution < 1.29 is 14.3 Å². The van der Waals surface area contributed by atoms with Gasteiger partial charge in [0.1, 0.15) is 6.61 Å². The van der Waals surface area contributed by atoms with Gasteiger partial charge in [-0.15, -0.1) is 0 Å². The Morgan fingerprint density at radius 1 is 1.44 bits per heavy atom. The van der Waals surface area contributed by atoms with Crippen LogP contribution in [0.15, 0.2) is 18.2 Å². The molecule has 132 valence electrons. The molecule has 25 heavy (non-hydrogen) atoms. The van der Waals surface area contributed by atoms with Gasteiger partial charge in [-0.1, -0.05) is 12.1 Å². The van der Waals surface area contributed by atoms with E-state index in [0.29, 0.717) is 19.6 Å². The molecule has 1 aliphatic heterocycles. The van der Waals surface area contributed by atoms with Crippen molar-refractivity contribution in [3.8, 4) is 11.5 Å². The number of fused-ring (bicyclic) bond motifs is 2. The summed E-state index contributed by atoms with van der Waals surface area (Å²) in [5.41, 5.74) is 4.56. The van der Waals surface area contributed by atoms with E-state index in [0.717, 1.165) is 35.6 Å². The summed E-state index contributed by atoms with van der Waals surface area (Å²) in [4.78, 5) is 14.6. The number of benzene rings is 1. The average Bonchev–Trinajstić information content (AvgIpc) is 3.25. The molecule has 2 aliphatic rings. The molecule has 6 nitrogen and oxygen atoms in total. The first-order valence-electron chi connectivity index (χ1n) is 8.76. The van der Waals surface area contributed by atoms with Crippen molar-refractivity contribution in [2.45, 2.75) is 32.2 Å². The number of aromatic amines is 1. The second-order valence-corrected chi connectivity index (χ2v) is 6.84. The van der Waals surface area contributed by atoms with Crippen LogP contribution in [0.4, 0.5) is 0 Å². The number of aromatic nitrogens is 2. The summed E-state index contributed by atoms with van der Waals surface area (Å²) >= 11 is 0. The van der Waals surface area contributed by atoms with E-state index in [1.54, 1.807) is 12.0 Å². The molecule has 0 bridgehead atoms. The maximum atomic E-state index is 12.9. The molecule has 0 radical (unpaired) electrons. The van der Waals surface area contributed by atoms with Crippen molar-refractivity contribution in [1.82, 2.24) is 15.1 Å². The maximum absolute atomic E-state index is 12.9. The molecular weight excluding hydrogens is 318 g/mol. The standard InChI is InChI=1S/C19H23N3O3/c1-22(10-16-14-6-4-7-15(14)20-21-16)19(23)13-9-12-5-3-8-17(24-2)18(12)25-11-13/h3,5,8,13H,4,6-7,9-11H2,1-2H3,(H,20,21). The van der Waals surface area contributed by atoms with E-state index in [9.17, 15) is 4.79 Å². The molecule has 0 saturated carbocycles. The van der Waals surface area contributed by atoms with E-state index in [4.69, 9.17) is 9.47 Å². The third kappa shape index (κ3) is 2.86. The van der Waals surface area contributed by atoms with Gasteiger partial charge in [0, 0.05) is 12.7 Å². The number of nitrogens with zero attached hydrogens (tertiary/aromatic N) is 2. The lowest BCUT2D eigenvalue weighted by Gasteiger charge is -2.28. The summed E-state index contributed by atoms with van der Waals surface area (Å²) in [6.07, 6.45) is 3.97. The van der Waals surface area contributed by atoms with Crippen molar-refractivity contribution in [2.24, 2.45) is 5.92 Å². The Labute approximate surface area is 147 Å². The summed E-state index contributed by atoms with van der Waals surface area (Å²) in [5.74, 6) is 1.42. The van der Waals surface area contributed by atoms with Crippen molar-refractivity contribution in [1.29, 1.82) is 0 Å². The summed E-state index contributed by atoms with van der Waals surface area (Å²) < 4.78 is 11.2. The number of H-pyrrole nitrogens is 1. The minimum Gasteiger partial charge on any atom is -0.493 e. The van der Waals surface area contributed by atoms with Crippen molar-refractivity contribution in [3.05, 3.63) is 40.7 Å². The topological polar surface area (TPSA) is 67.5 Å². The van der Waals surface area contributed by atoms with Crippen molar-refractivity contribution >= 4 is 5.91 Å². The van der Waals surface area contributed by atoms with E-state index in [1.165, 1.54) is 17.7 Å². The van der Waals surface area contributed by atoms with Crippen LogP contribution in [0.2, 0.25) is 0 Å². The SMILES string of the molecule is COc1cccc2c1OCC(C(=O)N(C)Cc1n[nH]c3c1CCC3)C2. The fourth-order valence-corrected chi connectivity index (χ4v) is 3.85. The second kappa shape index (κ2) is 6.43. The Morgan fingerprint density at radius 3 is 3.16 bits per heavy atom. The molecule has 1 N–H and O–H groups in total. The minimum atomic E-state index is -0.170. The smallest absolute Gasteiger partial charge is 0.229 e. The van der Waals surface area contributed by atoms with Crippen LogP contribution >= 0.6 is 0 Å². The minimum absolute atomic E-state index is 0.100. The number of hydrogen-bond donors (Lipinski definition) is 1. The van der Waals surface area contributed by atoms with Crippen LogP contribution in [0.25, 0.3) is 0 Å². The highest BCUT2D eigenvalue weighted by Crippen LogP contribution is 2.36. The first-order valence-corrected chi connectivity index (χ1v) is 8.76. The average molecular weight is 341 g/mol. The summed E-state index contributed by atoms with van der Waals surface area (Å²) in [6.45, 7) is 0.932. The molecule has 1 aliphatic carbocycles. The third-order valence-corrected chi connectivity index (χ3v) is 5.18. The highest BCUT2D eigenvalue weighted by atomic mass is 16.5. The van der Waals surface area contributed by atoms with Crippen LogP contribution in [-0.4, -0.2) is 41.8 Å². The number of carbonyl (C=O) groups excluding carboxylic acids is 1. The number of carbonyl (C=O) groups is 1. The Morgan fingerprint density at radius 2 is 2.32 bits per heavy atom. The van der Waals surface area contributed by atoms with E-state index in [-0.39, 0.29) is 11.8 Å². The van der Waals surface area contributed by atoms with Crippen molar-refractivity contribution in [3.63, 3.8) is 0 Å². The zero-order valence-corrected chi connectivity index (χ0v) is 14.7. The van der Waals surface area contributed by atoms with Gasteiger partial charge in [0.15, 0.2) is 11.5 Å². The van der Waals surface area contributed by atoms with Gasteiger partial charge in [0.2, 0.25) is 5.91 Å². The lowest BCUT2D eigenvalue weighted by Crippen LogP contribution is -2.38. The summed E-state index contributed by atoms with van der Waals surface area (Å²) in [5, 5.41) is 7.51. The molecule has 1 aromatic heterocycles. The highest BCUT2D eigenvalue weighted by molar-refractivity contribution is 5.79. The molecule has 2 heterocycles. The molecule has 0 spiro atoms. The fraction of sp³-hybridized carbons (Fsp3) is 0.474. The lowest BCUT2D eigenvalue weighted by atomic mass is 9.95. The van der Waals surface area contributed by atoms with Crippen LogP contribution in [0.5, 0.6) is 11.5 Å². The monoisotopic (exact) mass is 341 g/mol. The number of ether oxygens (including phenoxy) is 2. The van der Waals surface area contributed by atoms with Gasteiger partial charge >= 0.3 is 0 Å². The number of para-hydroxylation sites is 1. The van der Waals surface area contributed by atoms with Gasteiger partial charge in [-0.05, 0) is 42.9 Å². The van der Waals surface area contributed by atoms with E-state index < -0.39 is 0 Å². The Bertz CT molecular complexity index is 799. The summed E-state index contributed by atoms with van der Waals surface area (Å²) in [6, 6.07) is 5.81. The molecule has 1 aromatic carbocycles. The first kappa shape index (κ1) is 16.0.